The first-order valence-electron chi connectivity index (χ1n) is 7.11. The van der Waals surface area contributed by atoms with Gasteiger partial charge in [0.2, 0.25) is 5.91 Å². The van der Waals surface area contributed by atoms with Crippen LogP contribution in [-0.4, -0.2) is 36.9 Å². The summed E-state index contributed by atoms with van der Waals surface area (Å²) >= 11 is 0. The van der Waals surface area contributed by atoms with Gasteiger partial charge in [-0.2, -0.15) is 0 Å². The van der Waals surface area contributed by atoms with Crippen molar-refractivity contribution in [3.8, 4) is 0 Å². The Hall–Kier alpha value is -1.84. The fraction of sp³-hybridized carbons (Fsp3) is 0.500. The number of hydrogen-bond donors (Lipinski definition) is 1. The van der Waals surface area contributed by atoms with Crippen molar-refractivity contribution in [2.24, 2.45) is 5.92 Å². The number of nitrogens with zero attached hydrogens (tertiary/aromatic N) is 1. The van der Waals surface area contributed by atoms with Crippen molar-refractivity contribution in [1.29, 1.82) is 0 Å². The fourth-order valence-corrected chi connectivity index (χ4v) is 2.61. The van der Waals surface area contributed by atoms with Crippen molar-refractivity contribution in [2.45, 2.75) is 26.7 Å². The van der Waals surface area contributed by atoms with Gasteiger partial charge in [-0.15, -0.1) is 0 Å². The van der Waals surface area contributed by atoms with Crippen molar-refractivity contribution < 1.29 is 9.59 Å². The molecule has 108 valence electrons. The van der Waals surface area contributed by atoms with Gasteiger partial charge in [0.05, 0.1) is 0 Å². The van der Waals surface area contributed by atoms with Crippen LogP contribution >= 0.6 is 0 Å². The number of piperidine rings is 1. The van der Waals surface area contributed by atoms with Crippen LogP contribution in [0.1, 0.15) is 34.3 Å². The van der Waals surface area contributed by atoms with Gasteiger partial charge in [-0.25, -0.2) is 0 Å². The molecule has 0 saturated carbocycles. The van der Waals surface area contributed by atoms with Crippen LogP contribution in [0.5, 0.6) is 0 Å². The van der Waals surface area contributed by atoms with E-state index in [2.05, 4.69) is 5.32 Å². The van der Waals surface area contributed by atoms with E-state index < -0.39 is 0 Å². The van der Waals surface area contributed by atoms with Crippen LogP contribution in [0.25, 0.3) is 0 Å². The van der Waals surface area contributed by atoms with Crippen LogP contribution in [0.2, 0.25) is 0 Å². The van der Waals surface area contributed by atoms with Gasteiger partial charge in [0.25, 0.3) is 5.91 Å². The maximum absolute atomic E-state index is 12.4. The van der Waals surface area contributed by atoms with E-state index >= 15 is 0 Å². The van der Waals surface area contributed by atoms with Gasteiger partial charge in [0.15, 0.2) is 0 Å². The average Bonchev–Trinajstić information content (AvgIpc) is 2.48. The molecule has 0 spiro atoms. The number of carbonyl (C=O) groups excluding carboxylic acids is 2. The molecule has 0 aromatic heterocycles. The Kier molecular flexibility index (Phi) is 4.42. The highest BCUT2D eigenvalue weighted by Crippen LogP contribution is 2.20. The average molecular weight is 274 g/mol. The topological polar surface area (TPSA) is 49.4 Å². The van der Waals surface area contributed by atoms with Crippen molar-refractivity contribution in [3.63, 3.8) is 0 Å². The molecule has 1 heterocycles. The second-order valence-electron chi connectivity index (χ2n) is 5.48. The van der Waals surface area contributed by atoms with Crippen molar-refractivity contribution in [2.75, 3.05) is 20.1 Å². The van der Waals surface area contributed by atoms with Crippen LogP contribution < -0.4 is 5.32 Å². The highest BCUT2D eigenvalue weighted by molar-refractivity contribution is 5.94. The van der Waals surface area contributed by atoms with E-state index in [-0.39, 0.29) is 17.7 Å². The molecule has 2 rings (SSSR count). The van der Waals surface area contributed by atoms with E-state index in [1.54, 1.807) is 7.05 Å². The summed E-state index contributed by atoms with van der Waals surface area (Å²) < 4.78 is 0. The Morgan fingerprint density at radius 2 is 1.80 bits per heavy atom. The van der Waals surface area contributed by atoms with Gasteiger partial charge in [-0.3, -0.25) is 9.59 Å². The normalized spacial score (nSPS) is 16.1. The third-order valence-electron chi connectivity index (χ3n) is 4.15. The predicted molar refractivity (Wildman–Crippen MR) is 78.6 cm³/mol. The largest absolute Gasteiger partial charge is 0.359 e. The highest BCUT2D eigenvalue weighted by Gasteiger charge is 2.27. The Labute approximate surface area is 120 Å². The first-order chi connectivity index (χ1) is 9.52. The standard InChI is InChI=1S/C16H22N2O2/c1-11-4-5-14(10-12(11)2)16(20)18-8-6-13(7-9-18)15(19)17-3/h4-5,10,13H,6-9H2,1-3H3,(H,17,19). The van der Waals surface area contributed by atoms with E-state index in [4.69, 9.17) is 0 Å². The second-order valence-corrected chi connectivity index (χ2v) is 5.48. The Balaban J connectivity index is 2.01. The molecule has 1 aliphatic rings. The fourth-order valence-electron chi connectivity index (χ4n) is 2.61. The Morgan fingerprint density at radius 3 is 2.35 bits per heavy atom. The molecular formula is C16H22N2O2. The van der Waals surface area contributed by atoms with Crippen LogP contribution in [0.4, 0.5) is 0 Å². The molecule has 0 atom stereocenters. The number of hydrogen-bond acceptors (Lipinski definition) is 2. The van der Waals surface area contributed by atoms with E-state index in [0.717, 1.165) is 24.0 Å². The van der Waals surface area contributed by atoms with Gasteiger partial charge in [-0.05, 0) is 49.9 Å². The summed E-state index contributed by atoms with van der Waals surface area (Å²) in [5, 5.41) is 2.68. The summed E-state index contributed by atoms with van der Waals surface area (Å²) in [5.41, 5.74) is 3.07. The van der Waals surface area contributed by atoms with Gasteiger partial charge in [0.1, 0.15) is 0 Å². The summed E-state index contributed by atoms with van der Waals surface area (Å²) in [6.45, 7) is 5.37. The van der Waals surface area contributed by atoms with E-state index in [1.165, 1.54) is 5.56 Å². The number of nitrogens with one attached hydrogen (secondary N) is 1. The highest BCUT2D eigenvalue weighted by atomic mass is 16.2. The number of amides is 2. The van der Waals surface area contributed by atoms with Crippen LogP contribution in [-0.2, 0) is 4.79 Å². The van der Waals surface area contributed by atoms with Gasteiger partial charge < -0.3 is 10.2 Å². The number of carbonyl (C=O) groups is 2. The molecular weight excluding hydrogens is 252 g/mol. The molecule has 1 aromatic carbocycles. The molecule has 20 heavy (non-hydrogen) atoms. The molecule has 4 nitrogen and oxygen atoms in total. The number of rotatable bonds is 2. The number of likely N-dealkylation sites (tertiary alicyclic amines) is 1. The molecule has 0 bridgehead atoms. The first-order valence-corrected chi connectivity index (χ1v) is 7.11. The number of aryl methyl sites for hydroxylation is 2. The second kappa shape index (κ2) is 6.07. The van der Waals surface area contributed by atoms with Crippen LogP contribution in [0.3, 0.4) is 0 Å². The minimum absolute atomic E-state index is 0.0452. The van der Waals surface area contributed by atoms with E-state index in [0.29, 0.717) is 13.1 Å². The zero-order valence-corrected chi connectivity index (χ0v) is 12.4. The zero-order valence-electron chi connectivity index (χ0n) is 12.4. The van der Waals surface area contributed by atoms with Crippen LogP contribution in [0.15, 0.2) is 18.2 Å². The molecule has 1 fully saturated rings. The monoisotopic (exact) mass is 274 g/mol. The van der Waals surface area contributed by atoms with E-state index in [9.17, 15) is 9.59 Å². The minimum atomic E-state index is 0.0452. The zero-order chi connectivity index (χ0) is 14.7. The van der Waals surface area contributed by atoms with Crippen molar-refractivity contribution in [3.05, 3.63) is 34.9 Å². The smallest absolute Gasteiger partial charge is 0.253 e. The SMILES string of the molecule is CNC(=O)C1CCN(C(=O)c2ccc(C)c(C)c2)CC1. The summed E-state index contributed by atoms with van der Waals surface area (Å²) in [6.07, 6.45) is 1.49. The molecule has 0 aliphatic carbocycles. The van der Waals surface area contributed by atoms with Gasteiger partial charge in [0, 0.05) is 31.6 Å². The molecule has 1 saturated heterocycles. The lowest BCUT2D eigenvalue weighted by atomic mass is 9.95. The third-order valence-corrected chi connectivity index (χ3v) is 4.15. The third kappa shape index (κ3) is 3.00. The van der Waals surface area contributed by atoms with E-state index in [1.807, 2.05) is 36.9 Å². The molecule has 1 N–H and O–H groups in total. The Morgan fingerprint density at radius 1 is 1.15 bits per heavy atom. The first kappa shape index (κ1) is 14.6. The van der Waals surface area contributed by atoms with Crippen molar-refractivity contribution >= 4 is 11.8 Å². The lowest BCUT2D eigenvalue weighted by Crippen LogP contribution is -2.42. The summed E-state index contributed by atoms with van der Waals surface area (Å²) in [6, 6.07) is 5.82. The molecule has 0 unspecified atom stereocenters. The lowest BCUT2D eigenvalue weighted by molar-refractivity contribution is -0.125. The van der Waals surface area contributed by atoms with Crippen molar-refractivity contribution in [1.82, 2.24) is 10.2 Å². The molecule has 2 amide bonds. The molecule has 0 radical (unpaired) electrons. The molecule has 1 aromatic rings. The summed E-state index contributed by atoms with van der Waals surface area (Å²) in [5.74, 6) is 0.204. The molecule has 4 heteroatoms. The summed E-state index contributed by atoms with van der Waals surface area (Å²) in [7, 11) is 1.66. The van der Waals surface area contributed by atoms with Crippen LogP contribution in [0, 0.1) is 19.8 Å². The maximum atomic E-state index is 12.4. The summed E-state index contributed by atoms with van der Waals surface area (Å²) in [4.78, 5) is 25.9. The minimum Gasteiger partial charge on any atom is -0.359 e. The molecule has 1 aliphatic heterocycles. The Bertz CT molecular complexity index is 517. The maximum Gasteiger partial charge on any atom is 0.253 e. The number of benzene rings is 1. The van der Waals surface area contributed by atoms with Gasteiger partial charge >= 0.3 is 0 Å². The van der Waals surface area contributed by atoms with Gasteiger partial charge in [-0.1, -0.05) is 6.07 Å². The lowest BCUT2D eigenvalue weighted by Gasteiger charge is -2.31. The predicted octanol–water partition coefficient (Wildman–Crippen LogP) is 1.90. The quantitative estimate of drug-likeness (QED) is 0.895.